The molecular weight excluding hydrogens is 274 g/mol. The second-order valence-electron chi connectivity index (χ2n) is 7.62. The molecule has 0 bridgehead atoms. The van der Waals surface area contributed by atoms with Crippen LogP contribution in [0.4, 0.5) is 0 Å². The lowest BCUT2D eigenvalue weighted by Gasteiger charge is -2.57. The van der Waals surface area contributed by atoms with Gasteiger partial charge in [0.25, 0.3) is 0 Å². The second-order valence-corrected chi connectivity index (χ2v) is 7.62. The molecule has 1 aliphatic heterocycles. The van der Waals surface area contributed by atoms with Crippen LogP contribution in [0.25, 0.3) is 0 Å². The highest BCUT2D eigenvalue weighted by Crippen LogP contribution is 2.45. The van der Waals surface area contributed by atoms with Crippen LogP contribution >= 0.6 is 0 Å². The predicted octanol–water partition coefficient (Wildman–Crippen LogP) is 2.61. The Morgan fingerprint density at radius 3 is 2.45 bits per heavy atom. The number of hydrogen-bond acceptors (Lipinski definition) is 5. The van der Waals surface area contributed by atoms with Crippen LogP contribution < -0.4 is 5.32 Å². The number of likely N-dealkylation sites (tertiary alicyclic amines) is 1. The maximum Gasteiger partial charge on any atom is 0.138 e. The fourth-order valence-corrected chi connectivity index (χ4v) is 3.83. The number of hydrogen-bond donors (Lipinski definition) is 1. The Balaban J connectivity index is 2.34. The second kappa shape index (κ2) is 6.59. The number of rotatable bonds is 5. The minimum Gasteiger partial charge on any atom is -0.313 e. The average molecular weight is 305 g/mol. The third kappa shape index (κ3) is 3.30. The van der Waals surface area contributed by atoms with Crippen LogP contribution in [0, 0.1) is 0 Å². The van der Waals surface area contributed by atoms with Crippen molar-refractivity contribution in [1.29, 1.82) is 0 Å². The van der Waals surface area contributed by atoms with Crippen molar-refractivity contribution in [3.05, 3.63) is 18.5 Å². The van der Waals surface area contributed by atoms with Crippen LogP contribution in [0.15, 0.2) is 12.7 Å². The number of nitrogens with one attached hydrogen (secondary N) is 1. The van der Waals surface area contributed by atoms with E-state index in [1.165, 1.54) is 12.8 Å². The van der Waals surface area contributed by atoms with E-state index >= 15 is 0 Å². The van der Waals surface area contributed by atoms with E-state index in [-0.39, 0.29) is 17.0 Å². The van der Waals surface area contributed by atoms with Crippen molar-refractivity contribution in [2.75, 3.05) is 13.6 Å². The van der Waals surface area contributed by atoms with Gasteiger partial charge >= 0.3 is 0 Å². The van der Waals surface area contributed by atoms with Gasteiger partial charge in [-0.3, -0.25) is 4.90 Å². The Bertz CT molecular complexity index is 471. The van der Waals surface area contributed by atoms with Crippen molar-refractivity contribution in [1.82, 2.24) is 25.2 Å². The standard InChI is InChI=1S/C17H31N5/c1-7-8-9-19-13-10-16(2,3)22(6)17(4,5)14(13)15-20-11-18-12-21-15/h11-14,19H,7-10H2,1-6H3. The molecule has 0 spiro atoms. The molecule has 0 aromatic carbocycles. The van der Waals surface area contributed by atoms with Crippen molar-refractivity contribution >= 4 is 0 Å². The Kier molecular flexibility index (Phi) is 5.17. The number of nitrogens with zero attached hydrogens (tertiary/aromatic N) is 4. The molecule has 2 rings (SSSR count). The van der Waals surface area contributed by atoms with Crippen LogP contribution in [0.5, 0.6) is 0 Å². The van der Waals surface area contributed by atoms with E-state index in [1.807, 2.05) is 0 Å². The first-order valence-corrected chi connectivity index (χ1v) is 8.40. The van der Waals surface area contributed by atoms with Crippen molar-refractivity contribution < 1.29 is 0 Å². The van der Waals surface area contributed by atoms with Gasteiger partial charge in [0.1, 0.15) is 18.5 Å². The Morgan fingerprint density at radius 2 is 1.86 bits per heavy atom. The first kappa shape index (κ1) is 17.3. The molecule has 1 saturated heterocycles. The van der Waals surface area contributed by atoms with Gasteiger partial charge in [-0.2, -0.15) is 0 Å². The van der Waals surface area contributed by atoms with Crippen molar-refractivity contribution in [2.45, 2.75) is 76.9 Å². The van der Waals surface area contributed by atoms with Gasteiger partial charge in [0.05, 0.1) is 5.92 Å². The summed E-state index contributed by atoms with van der Waals surface area (Å²) in [5.74, 6) is 1.15. The molecule has 0 radical (unpaired) electrons. The van der Waals surface area contributed by atoms with E-state index in [4.69, 9.17) is 0 Å². The molecular formula is C17H31N5. The molecule has 22 heavy (non-hydrogen) atoms. The molecule has 0 saturated carbocycles. The molecule has 0 amide bonds. The summed E-state index contributed by atoms with van der Waals surface area (Å²) in [6.07, 6.45) is 6.73. The minimum atomic E-state index is -0.0208. The van der Waals surface area contributed by atoms with Crippen molar-refractivity contribution in [3.63, 3.8) is 0 Å². The molecule has 5 nitrogen and oxygen atoms in total. The SMILES string of the molecule is CCCCNC1CC(C)(C)N(C)C(C)(C)C1c1ncncn1. The van der Waals surface area contributed by atoms with Gasteiger partial charge in [-0.05, 0) is 54.1 Å². The molecule has 1 aromatic rings. The summed E-state index contributed by atoms with van der Waals surface area (Å²) in [6, 6.07) is 0.384. The zero-order valence-electron chi connectivity index (χ0n) is 14.9. The molecule has 1 aliphatic rings. The lowest BCUT2D eigenvalue weighted by molar-refractivity contribution is -0.0381. The maximum absolute atomic E-state index is 4.47. The molecule has 5 heteroatoms. The number of unbranched alkanes of at least 4 members (excludes halogenated alkanes) is 1. The Morgan fingerprint density at radius 1 is 1.23 bits per heavy atom. The third-order valence-corrected chi connectivity index (χ3v) is 5.38. The van der Waals surface area contributed by atoms with E-state index in [0.29, 0.717) is 6.04 Å². The number of likely N-dealkylation sites (N-methyl/N-ethyl adjacent to an activating group) is 1. The molecule has 2 unspecified atom stereocenters. The zero-order valence-corrected chi connectivity index (χ0v) is 14.9. The molecule has 1 fully saturated rings. The van der Waals surface area contributed by atoms with Crippen LogP contribution in [0.1, 0.15) is 65.6 Å². The van der Waals surface area contributed by atoms with Gasteiger partial charge in [0.15, 0.2) is 0 Å². The summed E-state index contributed by atoms with van der Waals surface area (Å²) in [5.41, 5.74) is 0.129. The number of piperidine rings is 1. The normalized spacial score (nSPS) is 27.7. The van der Waals surface area contributed by atoms with Crippen LogP contribution in [0.2, 0.25) is 0 Å². The smallest absolute Gasteiger partial charge is 0.138 e. The average Bonchev–Trinajstić information content (AvgIpc) is 2.46. The van der Waals surface area contributed by atoms with Crippen LogP contribution in [-0.2, 0) is 0 Å². The van der Waals surface area contributed by atoms with Gasteiger partial charge in [0, 0.05) is 17.1 Å². The topological polar surface area (TPSA) is 53.9 Å². The highest BCUT2D eigenvalue weighted by atomic mass is 15.3. The van der Waals surface area contributed by atoms with E-state index in [1.54, 1.807) is 12.7 Å². The first-order chi connectivity index (χ1) is 10.3. The van der Waals surface area contributed by atoms with Gasteiger partial charge in [0.2, 0.25) is 0 Å². The maximum atomic E-state index is 4.47. The fourth-order valence-electron chi connectivity index (χ4n) is 3.83. The summed E-state index contributed by atoms with van der Waals surface area (Å²) in [4.78, 5) is 15.4. The van der Waals surface area contributed by atoms with Gasteiger partial charge in [-0.25, -0.2) is 15.0 Å². The summed E-state index contributed by atoms with van der Waals surface area (Å²) >= 11 is 0. The first-order valence-electron chi connectivity index (χ1n) is 8.40. The van der Waals surface area contributed by atoms with E-state index < -0.39 is 0 Å². The van der Waals surface area contributed by atoms with Crippen LogP contribution in [0.3, 0.4) is 0 Å². The van der Waals surface area contributed by atoms with E-state index in [0.717, 1.165) is 18.8 Å². The minimum absolute atomic E-state index is 0.0208. The summed E-state index contributed by atoms with van der Waals surface area (Å²) in [5, 5.41) is 3.78. The highest BCUT2D eigenvalue weighted by molar-refractivity contribution is 5.17. The summed E-state index contributed by atoms with van der Waals surface area (Å²) in [7, 11) is 2.22. The lowest BCUT2D eigenvalue weighted by Crippen LogP contribution is -2.66. The molecule has 124 valence electrons. The summed E-state index contributed by atoms with van der Waals surface area (Å²) < 4.78 is 0. The zero-order chi connectivity index (χ0) is 16.4. The van der Waals surface area contributed by atoms with E-state index in [2.05, 4.69) is 66.8 Å². The fraction of sp³-hybridized carbons (Fsp3) is 0.824. The largest absolute Gasteiger partial charge is 0.313 e. The summed E-state index contributed by atoms with van der Waals surface area (Å²) in [6.45, 7) is 12.5. The highest BCUT2D eigenvalue weighted by Gasteiger charge is 2.51. The Hall–Kier alpha value is -1.07. The van der Waals surface area contributed by atoms with E-state index in [9.17, 15) is 0 Å². The molecule has 2 atom stereocenters. The van der Waals surface area contributed by atoms with Crippen molar-refractivity contribution in [2.24, 2.45) is 0 Å². The van der Waals surface area contributed by atoms with Gasteiger partial charge in [-0.15, -0.1) is 0 Å². The predicted molar refractivity (Wildman–Crippen MR) is 89.8 cm³/mol. The quantitative estimate of drug-likeness (QED) is 0.848. The molecule has 1 N–H and O–H groups in total. The third-order valence-electron chi connectivity index (χ3n) is 5.38. The molecule has 0 aliphatic carbocycles. The molecule has 1 aromatic heterocycles. The van der Waals surface area contributed by atoms with Crippen LogP contribution in [-0.4, -0.2) is 50.6 Å². The number of aromatic nitrogens is 3. The molecule has 2 heterocycles. The van der Waals surface area contributed by atoms with Crippen molar-refractivity contribution in [3.8, 4) is 0 Å². The lowest BCUT2D eigenvalue weighted by atomic mass is 9.69. The van der Waals surface area contributed by atoms with Gasteiger partial charge < -0.3 is 5.32 Å². The Labute approximate surface area is 135 Å². The monoisotopic (exact) mass is 305 g/mol. The van der Waals surface area contributed by atoms with Gasteiger partial charge in [-0.1, -0.05) is 13.3 Å².